The fourth-order valence-corrected chi connectivity index (χ4v) is 2.68. The SMILES string of the molecule is CCOC(=O)[C@@H](c1ccc(Cl)cc1)[NH+]1CC[NH2+]CC1. The molecule has 0 unspecified atom stereocenters. The number of hydrogen-bond acceptors (Lipinski definition) is 2. The molecule has 5 heteroatoms. The molecule has 2 rings (SSSR count). The van der Waals surface area contributed by atoms with Crippen molar-refractivity contribution < 1.29 is 19.7 Å². The van der Waals surface area contributed by atoms with Gasteiger partial charge in [0.1, 0.15) is 26.2 Å². The van der Waals surface area contributed by atoms with E-state index in [0.717, 1.165) is 31.7 Å². The lowest BCUT2D eigenvalue weighted by Crippen LogP contribution is -3.21. The highest BCUT2D eigenvalue weighted by Crippen LogP contribution is 2.16. The predicted octanol–water partition coefficient (Wildman–Crippen LogP) is -0.594. The van der Waals surface area contributed by atoms with Crippen molar-refractivity contribution in [2.75, 3.05) is 32.8 Å². The molecule has 4 nitrogen and oxygen atoms in total. The van der Waals surface area contributed by atoms with E-state index in [1.54, 1.807) is 0 Å². The molecular formula is C14H21ClN2O2+2. The number of esters is 1. The van der Waals surface area contributed by atoms with Crippen LogP contribution in [0.4, 0.5) is 0 Å². The van der Waals surface area contributed by atoms with E-state index in [2.05, 4.69) is 5.32 Å². The lowest BCUT2D eigenvalue weighted by atomic mass is 10.0. The number of quaternary nitrogens is 2. The van der Waals surface area contributed by atoms with E-state index in [1.807, 2.05) is 31.2 Å². The zero-order chi connectivity index (χ0) is 13.7. The summed E-state index contributed by atoms with van der Waals surface area (Å²) in [5, 5.41) is 2.97. The molecule has 1 saturated heterocycles. The Morgan fingerprint density at radius 2 is 2.00 bits per heavy atom. The highest BCUT2D eigenvalue weighted by Gasteiger charge is 2.34. The monoisotopic (exact) mass is 284 g/mol. The minimum Gasteiger partial charge on any atom is -0.461 e. The van der Waals surface area contributed by atoms with Gasteiger partial charge in [0, 0.05) is 10.6 Å². The number of ether oxygens (including phenoxy) is 1. The molecule has 0 aliphatic carbocycles. The summed E-state index contributed by atoms with van der Waals surface area (Å²) < 4.78 is 5.24. The van der Waals surface area contributed by atoms with Crippen LogP contribution < -0.4 is 10.2 Å². The van der Waals surface area contributed by atoms with Gasteiger partial charge in [-0.15, -0.1) is 0 Å². The number of piperazine rings is 1. The molecule has 1 heterocycles. The van der Waals surface area contributed by atoms with Crippen LogP contribution in [0, 0.1) is 0 Å². The first kappa shape index (κ1) is 14.3. The third kappa shape index (κ3) is 3.69. The quantitative estimate of drug-likeness (QED) is 0.726. The van der Waals surface area contributed by atoms with Gasteiger partial charge in [0.05, 0.1) is 6.61 Å². The van der Waals surface area contributed by atoms with Crippen molar-refractivity contribution in [3.8, 4) is 0 Å². The van der Waals surface area contributed by atoms with Crippen molar-refractivity contribution in [3.05, 3.63) is 34.9 Å². The maximum absolute atomic E-state index is 12.2. The second-order valence-electron chi connectivity index (χ2n) is 4.76. The average molecular weight is 285 g/mol. The van der Waals surface area contributed by atoms with E-state index in [4.69, 9.17) is 16.3 Å². The number of rotatable bonds is 4. The molecule has 1 atom stereocenters. The van der Waals surface area contributed by atoms with E-state index >= 15 is 0 Å². The summed E-state index contributed by atoms with van der Waals surface area (Å²) in [6, 6.07) is 7.28. The van der Waals surface area contributed by atoms with Crippen LogP contribution in [0.1, 0.15) is 18.5 Å². The van der Waals surface area contributed by atoms with Crippen LogP contribution in [0.25, 0.3) is 0 Å². The molecule has 0 spiro atoms. The van der Waals surface area contributed by atoms with Crippen LogP contribution in [0.15, 0.2) is 24.3 Å². The van der Waals surface area contributed by atoms with Crippen molar-refractivity contribution in [3.63, 3.8) is 0 Å². The Kier molecular flexibility index (Phi) is 5.19. The average Bonchev–Trinajstić information content (AvgIpc) is 2.43. The zero-order valence-electron chi connectivity index (χ0n) is 11.2. The number of benzene rings is 1. The van der Waals surface area contributed by atoms with E-state index in [1.165, 1.54) is 4.90 Å². The summed E-state index contributed by atoms with van der Waals surface area (Å²) in [6.45, 7) is 6.33. The van der Waals surface area contributed by atoms with Crippen LogP contribution >= 0.6 is 11.6 Å². The summed E-state index contributed by atoms with van der Waals surface area (Å²) in [4.78, 5) is 13.5. The van der Waals surface area contributed by atoms with Crippen LogP contribution in [0.5, 0.6) is 0 Å². The molecular weight excluding hydrogens is 264 g/mol. The molecule has 1 fully saturated rings. The summed E-state index contributed by atoms with van der Waals surface area (Å²) in [5.74, 6) is -0.137. The molecule has 0 amide bonds. The van der Waals surface area contributed by atoms with Crippen LogP contribution in [0.2, 0.25) is 5.02 Å². The minimum atomic E-state index is -0.231. The van der Waals surface area contributed by atoms with Gasteiger partial charge in [-0.25, -0.2) is 4.79 Å². The highest BCUT2D eigenvalue weighted by molar-refractivity contribution is 6.30. The van der Waals surface area contributed by atoms with Gasteiger partial charge < -0.3 is 15.0 Å². The summed E-state index contributed by atoms with van der Waals surface area (Å²) in [6.07, 6.45) is 0. The summed E-state index contributed by atoms with van der Waals surface area (Å²) in [7, 11) is 0. The maximum Gasteiger partial charge on any atom is 0.369 e. The Hall–Kier alpha value is -1.10. The normalized spacial score (nSPS) is 18.0. The van der Waals surface area contributed by atoms with Crippen LogP contribution in [0.3, 0.4) is 0 Å². The fourth-order valence-electron chi connectivity index (χ4n) is 2.55. The van der Waals surface area contributed by atoms with Gasteiger partial charge in [-0.3, -0.25) is 0 Å². The largest absolute Gasteiger partial charge is 0.461 e. The number of carbonyl (C=O) groups excluding carboxylic acids is 1. The zero-order valence-corrected chi connectivity index (χ0v) is 12.0. The number of hydrogen-bond donors (Lipinski definition) is 2. The van der Waals surface area contributed by atoms with Gasteiger partial charge in [-0.05, 0) is 19.1 Å². The molecule has 3 N–H and O–H groups in total. The lowest BCUT2D eigenvalue weighted by molar-refractivity contribution is -0.965. The van der Waals surface area contributed by atoms with Crippen molar-refractivity contribution in [2.24, 2.45) is 0 Å². The Bertz CT molecular complexity index is 416. The van der Waals surface area contributed by atoms with Crippen molar-refractivity contribution >= 4 is 17.6 Å². The Balaban J connectivity index is 2.22. The first-order chi connectivity index (χ1) is 9.22. The van der Waals surface area contributed by atoms with Crippen molar-refractivity contribution in [2.45, 2.75) is 13.0 Å². The van der Waals surface area contributed by atoms with Crippen molar-refractivity contribution in [1.82, 2.24) is 0 Å². The second-order valence-corrected chi connectivity index (χ2v) is 5.20. The van der Waals surface area contributed by atoms with Gasteiger partial charge in [-0.2, -0.15) is 0 Å². The fraction of sp³-hybridized carbons (Fsp3) is 0.500. The van der Waals surface area contributed by atoms with Gasteiger partial charge in [0.15, 0.2) is 0 Å². The molecule has 1 aromatic carbocycles. The summed E-state index contributed by atoms with van der Waals surface area (Å²) >= 11 is 5.91. The minimum absolute atomic E-state index is 0.137. The topological polar surface area (TPSA) is 47.4 Å². The molecule has 1 aliphatic rings. The smallest absolute Gasteiger partial charge is 0.369 e. The van der Waals surface area contributed by atoms with Gasteiger partial charge >= 0.3 is 5.97 Å². The van der Waals surface area contributed by atoms with E-state index < -0.39 is 0 Å². The third-order valence-electron chi connectivity index (χ3n) is 3.47. The Labute approximate surface area is 118 Å². The lowest BCUT2D eigenvalue weighted by Gasteiger charge is -2.29. The van der Waals surface area contributed by atoms with E-state index in [9.17, 15) is 4.79 Å². The number of halogens is 1. The first-order valence-electron chi connectivity index (χ1n) is 6.80. The van der Waals surface area contributed by atoms with Gasteiger partial charge in [-0.1, -0.05) is 23.7 Å². The molecule has 1 aromatic rings. The van der Waals surface area contributed by atoms with Gasteiger partial charge in [0.25, 0.3) is 0 Å². The maximum atomic E-state index is 12.2. The number of nitrogens with two attached hydrogens (primary N) is 1. The van der Waals surface area contributed by atoms with E-state index in [-0.39, 0.29) is 12.0 Å². The second kappa shape index (κ2) is 6.89. The van der Waals surface area contributed by atoms with Crippen molar-refractivity contribution in [1.29, 1.82) is 0 Å². The van der Waals surface area contributed by atoms with Gasteiger partial charge in [0.2, 0.25) is 6.04 Å². The standard InChI is InChI=1S/C14H19ClN2O2/c1-2-19-14(18)13(17-9-7-16-8-10-17)11-3-5-12(15)6-4-11/h3-6,13,16H,2,7-10H2,1H3/p+2/t13-/m1/s1. The molecule has 19 heavy (non-hydrogen) atoms. The molecule has 0 radical (unpaired) electrons. The van der Waals surface area contributed by atoms with Crippen LogP contribution in [-0.4, -0.2) is 38.8 Å². The number of nitrogens with one attached hydrogen (secondary N) is 1. The molecule has 0 saturated carbocycles. The van der Waals surface area contributed by atoms with Crippen LogP contribution in [-0.2, 0) is 9.53 Å². The molecule has 0 aromatic heterocycles. The molecule has 1 aliphatic heterocycles. The Morgan fingerprint density at radius 3 is 2.58 bits per heavy atom. The molecule has 104 valence electrons. The predicted molar refractivity (Wildman–Crippen MR) is 73.2 cm³/mol. The highest BCUT2D eigenvalue weighted by atomic mass is 35.5. The molecule has 0 bridgehead atoms. The third-order valence-corrected chi connectivity index (χ3v) is 3.73. The first-order valence-corrected chi connectivity index (χ1v) is 7.18. The van der Waals surface area contributed by atoms with E-state index in [0.29, 0.717) is 11.6 Å². The number of carbonyl (C=O) groups is 1. The summed E-state index contributed by atoms with van der Waals surface area (Å²) in [5.41, 5.74) is 0.986. The Morgan fingerprint density at radius 1 is 1.37 bits per heavy atom.